The van der Waals surface area contributed by atoms with Gasteiger partial charge in [-0.1, -0.05) is 18.2 Å². The maximum Gasteiger partial charge on any atom is 0.119 e. The number of hydrogen-bond donors (Lipinski definition) is 1. The van der Waals surface area contributed by atoms with Crippen molar-refractivity contribution >= 4 is 0 Å². The van der Waals surface area contributed by atoms with Crippen molar-refractivity contribution in [2.45, 2.75) is 32.4 Å². The van der Waals surface area contributed by atoms with E-state index in [1.807, 2.05) is 45.3 Å². The van der Waals surface area contributed by atoms with Gasteiger partial charge in [-0.2, -0.15) is 0 Å². The number of rotatable bonds is 6. The van der Waals surface area contributed by atoms with Crippen LogP contribution in [0.1, 0.15) is 31.0 Å². The molecule has 0 saturated carbocycles. The van der Waals surface area contributed by atoms with Crippen molar-refractivity contribution in [2.75, 3.05) is 7.05 Å². The van der Waals surface area contributed by atoms with Crippen molar-refractivity contribution in [3.63, 3.8) is 0 Å². The van der Waals surface area contributed by atoms with E-state index in [0.29, 0.717) is 0 Å². The highest BCUT2D eigenvalue weighted by molar-refractivity contribution is 5.30. The third-order valence-electron chi connectivity index (χ3n) is 3.17. The second-order valence-electron chi connectivity index (χ2n) is 5.14. The molecular formula is C17H22N2O. The number of hydrogen-bond acceptors (Lipinski definition) is 3. The Morgan fingerprint density at radius 1 is 1.15 bits per heavy atom. The summed E-state index contributed by atoms with van der Waals surface area (Å²) in [7, 11) is 1.99. The molecule has 0 bridgehead atoms. The average molecular weight is 270 g/mol. The lowest BCUT2D eigenvalue weighted by atomic mass is 10.00. The molecule has 3 heteroatoms. The molecule has 2 rings (SSSR count). The molecule has 20 heavy (non-hydrogen) atoms. The zero-order valence-electron chi connectivity index (χ0n) is 12.3. The summed E-state index contributed by atoms with van der Waals surface area (Å²) in [4.78, 5) is 4.16. The Labute approximate surface area is 121 Å². The van der Waals surface area contributed by atoms with E-state index < -0.39 is 0 Å². The Bertz CT molecular complexity index is 508. The third kappa shape index (κ3) is 4.07. The van der Waals surface area contributed by atoms with E-state index in [-0.39, 0.29) is 12.1 Å². The molecule has 0 saturated heterocycles. The van der Waals surface area contributed by atoms with Gasteiger partial charge in [-0.25, -0.2) is 0 Å². The van der Waals surface area contributed by atoms with Crippen molar-refractivity contribution < 1.29 is 4.74 Å². The van der Waals surface area contributed by atoms with Crippen LogP contribution in [0.4, 0.5) is 0 Å². The molecule has 0 aliphatic carbocycles. The average Bonchev–Trinajstić information content (AvgIpc) is 2.46. The largest absolute Gasteiger partial charge is 0.491 e. The fraction of sp³-hybridized carbons (Fsp3) is 0.353. The van der Waals surface area contributed by atoms with E-state index in [1.165, 1.54) is 11.1 Å². The first kappa shape index (κ1) is 14.5. The van der Waals surface area contributed by atoms with Crippen LogP contribution in [-0.2, 0) is 6.42 Å². The Hall–Kier alpha value is -1.87. The van der Waals surface area contributed by atoms with E-state index in [0.717, 1.165) is 12.2 Å². The van der Waals surface area contributed by atoms with Crippen LogP contribution in [0, 0.1) is 0 Å². The third-order valence-corrected chi connectivity index (χ3v) is 3.17. The summed E-state index contributed by atoms with van der Waals surface area (Å²) in [6, 6.07) is 12.7. The molecule has 1 heterocycles. The zero-order chi connectivity index (χ0) is 14.4. The van der Waals surface area contributed by atoms with Gasteiger partial charge in [0.05, 0.1) is 6.10 Å². The topological polar surface area (TPSA) is 34.2 Å². The second-order valence-corrected chi connectivity index (χ2v) is 5.14. The fourth-order valence-electron chi connectivity index (χ4n) is 2.19. The van der Waals surface area contributed by atoms with Gasteiger partial charge in [-0.05, 0) is 56.6 Å². The van der Waals surface area contributed by atoms with E-state index in [2.05, 4.69) is 28.5 Å². The Balaban J connectivity index is 2.07. The SMILES string of the molecule is CNC(Cc1cccnc1)c1ccc(OC(C)C)cc1. The zero-order valence-corrected chi connectivity index (χ0v) is 12.3. The summed E-state index contributed by atoms with van der Waals surface area (Å²) in [6.45, 7) is 4.07. The summed E-state index contributed by atoms with van der Waals surface area (Å²) in [5.41, 5.74) is 2.49. The lowest BCUT2D eigenvalue weighted by molar-refractivity contribution is 0.242. The van der Waals surface area contributed by atoms with Gasteiger partial charge in [0.15, 0.2) is 0 Å². The van der Waals surface area contributed by atoms with Gasteiger partial charge in [0.2, 0.25) is 0 Å². The summed E-state index contributed by atoms with van der Waals surface area (Å²) >= 11 is 0. The molecule has 1 aromatic heterocycles. The van der Waals surface area contributed by atoms with Crippen LogP contribution in [0.25, 0.3) is 0 Å². The molecule has 3 nitrogen and oxygen atoms in total. The summed E-state index contributed by atoms with van der Waals surface area (Å²) in [6.07, 6.45) is 4.85. The Morgan fingerprint density at radius 2 is 1.90 bits per heavy atom. The van der Waals surface area contributed by atoms with Gasteiger partial charge in [0.1, 0.15) is 5.75 Å². The molecular weight excluding hydrogens is 248 g/mol. The maximum atomic E-state index is 5.67. The quantitative estimate of drug-likeness (QED) is 0.874. The second kappa shape index (κ2) is 7.06. The summed E-state index contributed by atoms with van der Waals surface area (Å²) in [5.74, 6) is 0.917. The number of benzene rings is 1. The van der Waals surface area contributed by atoms with Crippen LogP contribution >= 0.6 is 0 Å². The smallest absolute Gasteiger partial charge is 0.119 e. The van der Waals surface area contributed by atoms with Crippen LogP contribution in [0.3, 0.4) is 0 Å². The van der Waals surface area contributed by atoms with Crippen molar-refractivity contribution in [1.82, 2.24) is 10.3 Å². The normalized spacial score (nSPS) is 12.4. The number of aromatic nitrogens is 1. The van der Waals surface area contributed by atoms with E-state index in [4.69, 9.17) is 4.74 Å². The molecule has 0 aliphatic heterocycles. The predicted molar refractivity (Wildman–Crippen MR) is 81.9 cm³/mol. The molecule has 0 aliphatic rings. The number of ether oxygens (including phenoxy) is 1. The fourth-order valence-corrected chi connectivity index (χ4v) is 2.19. The van der Waals surface area contributed by atoms with Crippen LogP contribution in [0.5, 0.6) is 5.75 Å². The first-order valence-corrected chi connectivity index (χ1v) is 7.02. The molecule has 1 atom stereocenters. The van der Waals surface area contributed by atoms with E-state index in [9.17, 15) is 0 Å². The molecule has 1 aromatic carbocycles. The lowest BCUT2D eigenvalue weighted by Gasteiger charge is -2.17. The van der Waals surface area contributed by atoms with Crippen molar-refractivity contribution in [1.29, 1.82) is 0 Å². The predicted octanol–water partition coefficient (Wildman–Crippen LogP) is 3.37. The summed E-state index contributed by atoms with van der Waals surface area (Å²) in [5, 5.41) is 3.36. The van der Waals surface area contributed by atoms with E-state index >= 15 is 0 Å². The standard InChI is InChI=1S/C17H22N2O/c1-13(2)20-16-8-6-15(7-9-16)17(18-3)11-14-5-4-10-19-12-14/h4-10,12-13,17-18H,11H2,1-3H3. The van der Waals surface area contributed by atoms with Gasteiger partial charge in [-0.15, -0.1) is 0 Å². The monoisotopic (exact) mass is 270 g/mol. The number of nitrogens with one attached hydrogen (secondary N) is 1. The molecule has 2 aromatic rings. The van der Waals surface area contributed by atoms with Crippen LogP contribution in [0.2, 0.25) is 0 Å². The molecule has 106 valence electrons. The first-order valence-electron chi connectivity index (χ1n) is 7.02. The molecule has 1 unspecified atom stereocenters. The van der Waals surface area contributed by atoms with E-state index in [1.54, 1.807) is 6.20 Å². The highest BCUT2D eigenvalue weighted by Crippen LogP contribution is 2.21. The Kier molecular flexibility index (Phi) is 5.13. The number of likely N-dealkylation sites (N-methyl/N-ethyl adjacent to an activating group) is 1. The molecule has 0 radical (unpaired) electrons. The lowest BCUT2D eigenvalue weighted by Crippen LogP contribution is -2.18. The van der Waals surface area contributed by atoms with Crippen LogP contribution in [-0.4, -0.2) is 18.1 Å². The minimum atomic E-state index is 0.205. The number of nitrogens with zero attached hydrogens (tertiary/aromatic N) is 1. The summed E-state index contributed by atoms with van der Waals surface area (Å²) < 4.78 is 5.67. The minimum Gasteiger partial charge on any atom is -0.491 e. The molecule has 1 N–H and O–H groups in total. The minimum absolute atomic E-state index is 0.205. The van der Waals surface area contributed by atoms with Gasteiger partial charge >= 0.3 is 0 Å². The van der Waals surface area contributed by atoms with Gasteiger partial charge in [0.25, 0.3) is 0 Å². The van der Waals surface area contributed by atoms with Gasteiger partial charge in [-0.3, -0.25) is 4.98 Å². The maximum absolute atomic E-state index is 5.67. The van der Waals surface area contributed by atoms with Crippen molar-refractivity contribution in [2.24, 2.45) is 0 Å². The molecule has 0 spiro atoms. The van der Waals surface area contributed by atoms with Crippen molar-refractivity contribution in [3.05, 3.63) is 59.9 Å². The van der Waals surface area contributed by atoms with Crippen LogP contribution in [0.15, 0.2) is 48.8 Å². The van der Waals surface area contributed by atoms with Crippen molar-refractivity contribution in [3.8, 4) is 5.75 Å². The number of pyridine rings is 1. The highest BCUT2D eigenvalue weighted by Gasteiger charge is 2.10. The molecule has 0 fully saturated rings. The van der Waals surface area contributed by atoms with Crippen LogP contribution < -0.4 is 10.1 Å². The molecule has 0 amide bonds. The highest BCUT2D eigenvalue weighted by atomic mass is 16.5. The van der Waals surface area contributed by atoms with Gasteiger partial charge in [0, 0.05) is 18.4 Å². The first-order chi connectivity index (χ1) is 9.69. The van der Waals surface area contributed by atoms with Gasteiger partial charge < -0.3 is 10.1 Å². The Morgan fingerprint density at radius 3 is 2.45 bits per heavy atom.